The SMILES string of the molecule is CCCC/C=C/CCCCCCCCCCC[N+](CC(C)C(=O)O)(CC(C)C(=O)O)CC(C)C(=O)O. The normalized spacial score (nSPS) is 15.9. The van der Waals surface area contributed by atoms with Crippen LogP contribution in [0.15, 0.2) is 12.2 Å². The first kappa shape index (κ1) is 34.1. The molecule has 7 nitrogen and oxygen atoms in total. The van der Waals surface area contributed by atoms with Gasteiger partial charge in [0.25, 0.3) is 0 Å². The average molecular weight is 513 g/mol. The molecule has 3 N–H and O–H groups in total. The molecule has 0 aromatic rings. The van der Waals surface area contributed by atoms with Crippen LogP contribution in [0.3, 0.4) is 0 Å². The Labute approximate surface area is 219 Å². The number of nitrogens with zero attached hydrogens (tertiary/aromatic N) is 1. The minimum Gasteiger partial charge on any atom is -0.481 e. The van der Waals surface area contributed by atoms with Crippen LogP contribution in [0.25, 0.3) is 0 Å². The molecule has 0 spiro atoms. The van der Waals surface area contributed by atoms with Gasteiger partial charge in [-0.1, -0.05) is 70.4 Å². The number of carbonyl (C=O) groups is 3. The highest BCUT2D eigenvalue weighted by molar-refractivity contribution is 5.70. The maximum atomic E-state index is 11.6. The Bertz CT molecular complexity index is 593. The van der Waals surface area contributed by atoms with Crippen molar-refractivity contribution in [2.45, 2.75) is 111 Å². The van der Waals surface area contributed by atoms with E-state index in [1.54, 1.807) is 20.8 Å². The Balaban J connectivity index is 4.58. The monoisotopic (exact) mass is 512 g/mol. The number of hydrogen-bond donors (Lipinski definition) is 3. The first-order valence-electron chi connectivity index (χ1n) is 14.2. The van der Waals surface area contributed by atoms with Gasteiger partial charge in [0.2, 0.25) is 0 Å². The number of aliphatic carboxylic acids is 3. The molecule has 0 saturated heterocycles. The number of carboxylic acids is 3. The third-order valence-electron chi connectivity index (χ3n) is 7.14. The summed E-state index contributed by atoms with van der Waals surface area (Å²) in [5.74, 6) is -4.81. The summed E-state index contributed by atoms with van der Waals surface area (Å²) in [6, 6.07) is 0. The molecule has 0 saturated carbocycles. The molecule has 0 aromatic heterocycles. The standard InChI is InChI=1S/C29H53NO6/c1-5-6-7-8-9-10-11-12-13-14-15-16-17-18-19-20-30(21-24(2)27(31)32,22-25(3)28(33)34)23-26(4)29(35)36/h8-9,24-26H,5-7,10-23H2,1-4H3,(H2-,31,32,33,34,35,36)/p+1/b9-8+. The minimum atomic E-state index is -0.934. The summed E-state index contributed by atoms with van der Waals surface area (Å²) >= 11 is 0. The lowest BCUT2D eigenvalue weighted by Crippen LogP contribution is -2.57. The van der Waals surface area contributed by atoms with Crippen molar-refractivity contribution in [3.05, 3.63) is 12.2 Å². The van der Waals surface area contributed by atoms with E-state index in [0.29, 0.717) is 6.54 Å². The summed E-state index contributed by atoms with van der Waals surface area (Å²) in [7, 11) is 0. The van der Waals surface area contributed by atoms with E-state index < -0.39 is 35.7 Å². The Kier molecular flexibility index (Phi) is 19.1. The molecule has 0 heterocycles. The van der Waals surface area contributed by atoms with Gasteiger partial charge in [0.1, 0.15) is 17.8 Å². The zero-order chi connectivity index (χ0) is 27.4. The van der Waals surface area contributed by atoms with Crippen LogP contribution in [-0.4, -0.2) is 63.9 Å². The van der Waals surface area contributed by atoms with Crippen molar-refractivity contribution in [1.82, 2.24) is 0 Å². The smallest absolute Gasteiger partial charge is 0.311 e. The highest BCUT2D eigenvalue weighted by Gasteiger charge is 2.38. The van der Waals surface area contributed by atoms with Crippen molar-refractivity contribution in [3.8, 4) is 0 Å². The quantitative estimate of drug-likeness (QED) is 0.0762. The van der Waals surface area contributed by atoms with Crippen molar-refractivity contribution >= 4 is 17.9 Å². The molecule has 3 atom stereocenters. The molecule has 7 heteroatoms. The zero-order valence-electron chi connectivity index (χ0n) is 23.4. The van der Waals surface area contributed by atoms with E-state index in [1.165, 1.54) is 64.2 Å². The number of rotatable bonds is 24. The third kappa shape index (κ3) is 16.7. The molecular weight excluding hydrogens is 458 g/mol. The molecule has 210 valence electrons. The predicted molar refractivity (Wildman–Crippen MR) is 145 cm³/mol. The van der Waals surface area contributed by atoms with Gasteiger partial charge in [0, 0.05) is 0 Å². The molecule has 0 aromatic carbocycles. The van der Waals surface area contributed by atoms with Crippen molar-refractivity contribution in [2.24, 2.45) is 17.8 Å². The molecule has 0 amide bonds. The van der Waals surface area contributed by atoms with Gasteiger partial charge < -0.3 is 19.8 Å². The topological polar surface area (TPSA) is 112 Å². The second kappa shape index (κ2) is 20.2. The van der Waals surface area contributed by atoms with Crippen LogP contribution in [-0.2, 0) is 14.4 Å². The summed E-state index contributed by atoms with van der Waals surface area (Å²) in [6.07, 6.45) is 19.9. The van der Waals surface area contributed by atoms with Gasteiger partial charge in [-0.05, 0) is 52.9 Å². The second-order valence-corrected chi connectivity index (χ2v) is 10.9. The van der Waals surface area contributed by atoms with Crippen LogP contribution < -0.4 is 0 Å². The highest BCUT2D eigenvalue weighted by atomic mass is 16.4. The Morgan fingerprint density at radius 1 is 0.583 bits per heavy atom. The van der Waals surface area contributed by atoms with E-state index in [1.807, 2.05) is 0 Å². The van der Waals surface area contributed by atoms with Gasteiger partial charge >= 0.3 is 17.9 Å². The lowest BCUT2D eigenvalue weighted by Gasteiger charge is -2.42. The largest absolute Gasteiger partial charge is 0.481 e. The van der Waals surface area contributed by atoms with Crippen molar-refractivity contribution in [1.29, 1.82) is 0 Å². The van der Waals surface area contributed by atoms with Crippen molar-refractivity contribution in [2.75, 3.05) is 26.2 Å². The summed E-state index contributed by atoms with van der Waals surface area (Å²) in [5, 5.41) is 28.5. The lowest BCUT2D eigenvalue weighted by molar-refractivity contribution is -0.934. The van der Waals surface area contributed by atoms with Crippen LogP contribution in [0, 0.1) is 17.8 Å². The van der Waals surface area contributed by atoms with Gasteiger partial charge in [-0.3, -0.25) is 14.4 Å². The van der Waals surface area contributed by atoms with Crippen LogP contribution in [0.2, 0.25) is 0 Å². The number of quaternary nitrogens is 1. The first-order chi connectivity index (χ1) is 17.0. The van der Waals surface area contributed by atoms with Crippen LogP contribution >= 0.6 is 0 Å². The maximum Gasteiger partial charge on any atom is 0.311 e. The number of carboxylic acid groups (broad SMARTS) is 3. The fourth-order valence-electron chi connectivity index (χ4n) is 4.98. The lowest BCUT2D eigenvalue weighted by atomic mass is 10.00. The Morgan fingerprint density at radius 3 is 1.28 bits per heavy atom. The fraction of sp³-hybridized carbons (Fsp3) is 0.828. The summed E-state index contributed by atoms with van der Waals surface area (Å²) in [4.78, 5) is 34.8. The number of unbranched alkanes of at least 4 members (excludes halogenated alkanes) is 11. The summed E-state index contributed by atoms with van der Waals surface area (Å²) in [6.45, 7) is 8.43. The Hall–Kier alpha value is -1.89. The molecular formula is C29H54NO6+. The van der Waals surface area contributed by atoms with Gasteiger partial charge in [0.05, 0.1) is 26.2 Å². The van der Waals surface area contributed by atoms with Gasteiger partial charge in [-0.15, -0.1) is 0 Å². The van der Waals surface area contributed by atoms with E-state index >= 15 is 0 Å². The maximum absolute atomic E-state index is 11.6. The summed E-state index contributed by atoms with van der Waals surface area (Å²) < 4.78 is 0.224. The second-order valence-electron chi connectivity index (χ2n) is 10.9. The molecule has 0 rings (SSSR count). The first-order valence-corrected chi connectivity index (χ1v) is 14.2. The molecule has 36 heavy (non-hydrogen) atoms. The fourth-order valence-corrected chi connectivity index (χ4v) is 4.98. The highest BCUT2D eigenvalue weighted by Crippen LogP contribution is 2.22. The van der Waals surface area contributed by atoms with E-state index in [2.05, 4.69) is 19.1 Å². The zero-order valence-corrected chi connectivity index (χ0v) is 23.4. The third-order valence-corrected chi connectivity index (χ3v) is 7.14. The van der Waals surface area contributed by atoms with Crippen molar-refractivity contribution < 1.29 is 34.2 Å². The molecule has 0 fully saturated rings. The summed E-state index contributed by atoms with van der Waals surface area (Å²) in [5.41, 5.74) is 0. The van der Waals surface area contributed by atoms with Gasteiger partial charge in [-0.2, -0.15) is 0 Å². The number of hydrogen-bond acceptors (Lipinski definition) is 3. The average Bonchev–Trinajstić information content (AvgIpc) is 2.81. The minimum absolute atomic E-state index is 0.224. The van der Waals surface area contributed by atoms with E-state index in [4.69, 9.17) is 0 Å². The molecule has 0 aliphatic heterocycles. The van der Waals surface area contributed by atoms with Gasteiger partial charge in [0.15, 0.2) is 0 Å². The van der Waals surface area contributed by atoms with E-state index in [0.717, 1.165) is 19.3 Å². The molecule has 0 aliphatic rings. The van der Waals surface area contributed by atoms with Crippen molar-refractivity contribution in [3.63, 3.8) is 0 Å². The molecule has 0 radical (unpaired) electrons. The number of allylic oxidation sites excluding steroid dienone is 2. The van der Waals surface area contributed by atoms with Crippen LogP contribution in [0.1, 0.15) is 111 Å². The molecule has 0 aliphatic carbocycles. The predicted octanol–water partition coefficient (Wildman–Crippen LogP) is 6.61. The van der Waals surface area contributed by atoms with E-state index in [-0.39, 0.29) is 24.1 Å². The van der Waals surface area contributed by atoms with Crippen LogP contribution in [0.5, 0.6) is 0 Å². The molecule has 0 bridgehead atoms. The van der Waals surface area contributed by atoms with E-state index in [9.17, 15) is 29.7 Å². The molecule has 3 unspecified atom stereocenters. The Morgan fingerprint density at radius 2 is 0.917 bits per heavy atom. The van der Waals surface area contributed by atoms with Gasteiger partial charge in [-0.25, -0.2) is 0 Å². The van der Waals surface area contributed by atoms with Crippen LogP contribution in [0.4, 0.5) is 0 Å².